The number of amides is 1. The Hall–Kier alpha value is -1.20. The van der Waals surface area contributed by atoms with Crippen LogP contribution in [-0.4, -0.2) is 101 Å². The van der Waals surface area contributed by atoms with Crippen molar-refractivity contribution < 1.29 is 61.4 Å². The molecule has 3 atom stereocenters. The van der Waals surface area contributed by atoms with Crippen molar-refractivity contribution in [1.29, 1.82) is 0 Å². The lowest BCUT2D eigenvalue weighted by atomic mass is 9.63. The molecule has 0 saturated carbocycles. The third kappa shape index (κ3) is 3.61. The first kappa shape index (κ1) is 22.8. The van der Waals surface area contributed by atoms with Crippen molar-refractivity contribution in [3.8, 4) is 0 Å². The largest absolute Gasteiger partial charge is 0.434 e. The van der Waals surface area contributed by atoms with E-state index in [2.05, 4.69) is 4.74 Å². The van der Waals surface area contributed by atoms with E-state index in [1.807, 2.05) is 0 Å². The normalized spacial score (nSPS) is 35.5. The van der Waals surface area contributed by atoms with Gasteiger partial charge in [-0.2, -0.15) is 26.3 Å². The fourth-order valence-electron chi connectivity index (χ4n) is 1.78. The number of nitrogens with zero attached hydrogens (tertiary/aromatic N) is 1. The molecule has 1 aliphatic heterocycles. The molecule has 0 aromatic heterocycles. The summed E-state index contributed by atoms with van der Waals surface area (Å²) in [7, 11) is 14.6. The fourth-order valence-corrected chi connectivity index (χ4v) is 1.78. The van der Waals surface area contributed by atoms with Crippen LogP contribution in [0.1, 0.15) is 0 Å². The fraction of sp³-hybridized carbons (Fsp3) is 0.875. The van der Waals surface area contributed by atoms with Crippen LogP contribution in [-0.2, 0) is 4.74 Å². The van der Waals surface area contributed by atoms with Gasteiger partial charge in [0.1, 0.15) is 40.4 Å². The third-order valence-corrected chi connectivity index (χ3v) is 3.10. The molecule has 1 heterocycles. The summed E-state index contributed by atoms with van der Waals surface area (Å²) in [4.78, 5) is 10.4. The van der Waals surface area contributed by atoms with Gasteiger partial charge in [-0.15, -0.1) is 0 Å². The summed E-state index contributed by atoms with van der Waals surface area (Å²) < 4.78 is 77.7. The van der Waals surface area contributed by atoms with Crippen LogP contribution in [0.4, 0.5) is 31.1 Å². The van der Waals surface area contributed by atoms with Crippen molar-refractivity contribution in [2.45, 2.75) is 41.2 Å². The van der Waals surface area contributed by atoms with Crippen LogP contribution in [0.15, 0.2) is 0 Å². The maximum Gasteiger partial charge on any atom is 0.434 e. The van der Waals surface area contributed by atoms with Crippen molar-refractivity contribution in [3.05, 3.63) is 0 Å². The van der Waals surface area contributed by atoms with Gasteiger partial charge in [0.25, 0.3) is 12.0 Å². The minimum Gasteiger partial charge on any atom is -0.426 e. The number of carbonyl (C=O) groups is 1. The zero-order valence-corrected chi connectivity index (χ0v) is 12.1. The Balaban J connectivity index is 3.42. The van der Waals surface area contributed by atoms with Gasteiger partial charge in [-0.05, 0) is 0 Å². The number of rotatable bonds is 1. The molecule has 0 spiro atoms. The summed E-state index contributed by atoms with van der Waals surface area (Å²) in [5.74, 6) is -4.43. The molecule has 3 unspecified atom stereocenters. The highest BCUT2D eigenvalue weighted by Gasteiger charge is 2.69. The zero-order valence-electron chi connectivity index (χ0n) is 12.1. The SMILES string of the molecule is [B]C1(O)NC([B])(O)C(O)(O)N(C(=O)OC(C(F)(F)F)C(F)(F)F)C1([B])O. The number of nitrogens with one attached hydrogen (secondary N) is 1. The van der Waals surface area contributed by atoms with Gasteiger partial charge in [-0.1, -0.05) is 0 Å². The Labute approximate surface area is 143 Å². The Morgan fingerprint density at radius 2 is 1.31 bits per heavy atom. The lowest BCUT2D eigenvalue weighted by molar-refractivity contribution is -0.401. The Morgan fingerprint density at radius 3 is 1.65 bits per heavy atom. The molecule has 9 nitrogen and oxygen atoms in total. The summed E-state index contributed by atoms with van der Waals surface area (Å²) in [5.41, 5.74) is -11.6. The molecule has 0 bridgehead atoms. The summed E-state index contributed by atoms with van der Waals surface area (Å²) in [6, 6.07) is 0. The van der Waals surface area contributed by atoms with E-state index < -0.39 is 52.2 Å². The van der Waals surface area contributed by atoms with Crippen molar-refractivity contribution in [2.24, 2.45) is 0 Å². The van der Waals surface area contributed by atoms with Gasteiger partial charge in [0, 0.05) is 0 Å². The highest BCUT2D eigenvalue weighted by molar-refractivity contribution is 6.26. The van der Waals surface area contributed by atoms with E-state index in [-0.39, 0.29) is 0 Å². The van der Waals surface area contributed by atoms with Crippen LogP contribution in [0.2, 0.25) is 0 Å². The molecule has 142 valence electrons. The molecular formula is C8H7B3F6N2O7. The molecule has 1 amide bonds. The smallest absolute Gasteiger partial charge is 0.426 e. The molecule has 1 aliphatic rings. The van der Waals surface area contributed by atoms with Crippen molar-refractivity contribution in [3.63, 3.8) is 0 Å². The second-order valence-electron chi connectivity index (χ2n) is 5.20. The van der Waals surface area contributed by atoms with Crippen LogP contribution in [0.5, 0.6) is 0 Å². The zero-order chi connectivity index (χ0) is 21.1. The van der Waals surface area contributed by atoms with Gasteiger partial charge in [0.15, 0.2) is 0 Å². The van der Waals surface area contributed by atoms with Gasteiger partial charge in [0.2, 0.25) is 0 Å². The number of piperazine rings is 1. The summed E-state index contributed by atoms with van der Waals surface area (Å²) >= 11 is 0. The predicted octanol–water partition coefficient (Wildman–Crippen LogP) is -3.40. The Morgan fingerprint density at radius 1 is 0.923 bits per heavy atom. The van der Waals surface area contributed by atoms with E-state index >= 15 is 0 Å². The summed E-state index contributed by atoms with van der Waals surface area (Å²) in [6.07, 6.45) is -20.3. The van der Waals surface area contributed by atoms with Gasteiger partial charge in [-0.3, -0.25) is 5.32 Å². The maximum atomic E-state index is 12.4. The number of hydrogen-bond acceptors (Lipinski definition) is 8. The molecule has 0 aliphatic carbocycles. The number of carbonyl (C=O) groups excluding carboxylic acids is 1. The minimum absolute atomic E-state index is 1.11. The second kappa shape index (κ2) is 5.90. The van der Waals surface area contributed by atoms with E-state index in [1.54, 1.807) is 0 Å². The number of hydrogen-bond donors (Lipinski definition) is 6. The standard InChI is InChI=1S/C8H7B3F6N2O7/c9-5(21)7(11,23)19(8(24,25)6(10,22)18-5)2(20)26-1(3(12,13)14)4(15,16)17/h1,18,21-25H. The van der Waals surface area contributed by atoms with E-state index in [1.165, 1.54) is 0 Å². The first-order valence-electron chi connectivity index (χ1n) is 6.01. The van der Waals surface area contributed by atoms with Crippen molar-refractivity contribution in [1.82, 2.24) is 10.2 Å². The van der Waals surface area contributed by atoms with Crippen LogP contribution in [0.25, 0.3) is 0 Å². The molecule has 1 fully saturated rings. The summed E-state index contributed by atoms with van der Waals surface area (Å²) in [5, 5.41) is 49.1. The van der Waals surface area contributed by atoms with Gasteiger partial charge >= 0.3 is 18.4 Å². The molecule has 1 rings (SSSR count). The molecule has 1 saturated heterocycles. The van der Waals surface area contributed by atoms with Crippen LogP contribution in [0.3, 0.4) is 0 Å². The lowest BCUT2D eigenvalue weighted by Gasteiger charge is -2.61. The first-order valence-corrected chi connectivity index (χ1v) is 6.01. The highest BCUT2D eigenvalue weighted by atomic mass is 19.4. The monoisotopic (exact) mass is 390 g/mol. The molecule has 18 heteroatoms. The van der Waals surface area contributed by atoms with E-state index in [0.29, 0.717) is 0 Å². The number of halogens is 6. The number of aliphatic hydroxyl groups is 5. The molecule has 6 N–H and O–H groups in total. The average molecular weight is 390 g/mol. The van der Waals surface area contributed by atoms with Crippen LogP contribution < -0.4 is 5.32 Å². The summed E-state index contributed by atoms with van der Waals surface area (Å²) in [6.45, 7) is 0. The average Bonchev–Trinajstić information content (AvgIpc) is 2.29. The topological polar surface area (TPSA) is 143 Å². The van der Waals surface area contributed by atoms with Gasteiger partial charge in [-0.25, -0.2) is 9.69 Å². The molecular weight excluding hydrogens is 383 g/mol. The second-order valence-corrected chi connectivity index (χ2v) is 5.20. The third-order valence-electron chi connectivity index (χ3n) is 3.10. The molecule has 0 aromatic rings. The van der Waals surface area contributed by atoms with Gasteiger partial charge in [0.05, 0.1) is 0 Å². The highest BCUT2D eigenvalue weighted by Crippen LogP contribution is 2.40. The van der Waals surface area contributed by atoms with Crippen LogP contribution in [0, 0.1) is 0 Å². The Bertz CT molecular complexity index is 542. The van der Waals surface area contributed by atoms with Gasteiger partial charge < -0.3 is 30.3 Å². The van der Waals surface area contributed by atoms with Crippen LogP contribution >= 0.6 is 0 Å². The first-order chi connectivity index (χ1) is 11.1. The van der Waals surface area contributed by atoms with Crippen molar-refractivity contribution >= 4 is 29.6 Å². The number of ether oxygens (including phenoxy) is 1. The Kier molecular flexibility index (Phi) is 5.18. The van der Waals surface area contributed by atoms with E-state index in [4.69, 9.17) is 23.5 Å². The minimum atomic E-state index is -6.24. The number of alkyl halides is 6. The molecule has 0 aromatic carbocycles. The maximum absolute atomic E-state index is 12.4. The molecule has 26 heavy (non-hydrogen) atoms. The lowest BCUT2D eigenvalue weighted by Crippen LogP contribution is -2.91. The van der Waals surface area contributed by atoms with E-state index in [0.717, 1.165) is 5.32 Å². The van der Waals surface area contributed by atoms with Crippen molar-refractivity contribution in [2.75, 3.05) is 0 Å². The quantitative estimate of drug-likeness (QED) is 0.155. The van der Waals surface area contributed by atoms with E-state index in [9.17, 15) is 56.7 Å². The predicted molar refractivity (Wildman–Crippen MR) is 66.6 cm³/mol. The molecule has 6 radical (unpaired) electrons.